The van der Waals surface area contributed by atoms with Crippen LogP contribution in [0.25, 0.3) is 0 Å². The van der Waals surface area contributed by atoms with Crippen LogP contribution in [0.4, 0.5) is 0 Å². The number of hydrogen-bond acceptors (Lipinski definition) is 2. The first-order valence-corrected chi connectivity index (χ1v) is 3.68. The molecule has 0 aromatic rings. The Labute approximate surface area is 69.6 Å². The topological polar surface area (TPSA) is 40.5 Å². The molecule has 0 amide bonds. The van der Waals surface area contributed by atoms with Gasteiger partial charge in [-0.25, -0.2) is 0 Å². The van der Waals surface area contributed by atoms with E-state index in [-0.39, 0.29) is 0 Å². The van der Waals surface area contributed by atoms with Crippen molar-refractivity contribution in [3.8, 4) is 0 Å². The Balaban J connectivity index is 0. The van der Waals surface area contributed by atoms with Crippen LogP contribution in [0.5, 0.6) is 0 Å². The normalized spacial score (nSPS) is 11.5. The van der Waals surface area contributed by atoms with Crippen LogP contribution in [0.3, 0.4) is 0 Å². The van der Waals surface area contributed by atoms with E-state index in [4.69, 9.17) is 10.2 Å². The first kappa shape index (κ1) is 13.3. The van der Waals surface area contributed by atoms with Crippen LogP contribution in [0.15, 0.2) is 12.7 Å². The zero-order valence-corrected chi connectivity index (χ0v) is 8.18. The standard InChI is InChI=1S/C6H14O2.C3H6/c1-5(2,7)6(3,4)8;1-3-2/h7-8H,1-4H3;3H,1H2,2H3. The average Bonchev–Trinajstić information content (AvgIpc) is 1.60. The summed E-state index contributed by atoms with van der Waals surface area (Å²) in [5.41, 5.74) is -2.01. The maximum atomic E-state index is 9.10. The van der Waals surface area contributed by atoms with E-state index in [1.807, 2.05) is 6.92 Å². The molecule has 2 heteroatoms. The Morgan fingerprint density at radius 1 is 1.00 bits per heavy atom. The van der Waals surface area contributed by atoms with Crippen molar-refractivity contribution in [2.45, 2.75) is 45.8 Å². The third kappa shape index (κ3) is 7.56. The number of hydrogen-bond donors (Lipinski definition) is 2. The molecule has 68 valence electrons. The summed E-state index contributed by atoms with van der Waals surface area (Å²) in [7, 11) is 0. The van der Waals surface area contributed by atoms with Gasteiger partial charge in [0.25, 0.3) is 0 Å². The van der Waals surface area contributed by atoms with E-state index < -0.39 is 11.2 Å². The number of rotatable bonds is 1. The first-order valence-electron chi connectivity index (χ1n) is 3.68. The summed E-state index contributed by atoms with van der Waals surface area (Å²) in [5.74, 6) is 0. The molecule has 0 radical (unpaired) electrons. The molecule has 0 aliphatic rings. The van der Waals surface area contributed by atoms with Crippen molar-refractivity contribution in [1.82, 2.24) is 0 Å². The maximum Gasteiger partial charge on any atom is 0.0872 e. The van der Waals surface area contributed by atoms with Crippen molar-refractivity contribution < 1.29 is 10.2 Å². The van der Waals surface area contributed by atoms with Crippen LogP contribution in [-0.2, 0) is 0 Å². The Bertz CT molecular complexity index is 91.7. The Hall–Kier alpha value is -0.340. The molecule has 0 spiro atoms. The molecule has 0 unspecified atom stereocenters. The van der Waals surface area contributed by atoms with Crippen molar-refractivity contribution in [2.75, 3.05) is 0 Å². The van der Waals surface area contributed by atoms with Crippen LogP contribution in [0, 0.1) is 0 Å². The van der Waals surface area contributed by atoms with Gasteiger partial charge in [0, 0.05) is 0 Å². The van der Waals surface area contributed by atoms with Gasteiger partial charge in [-0.05, 0) is 34.6 Å². The van der Waals surface area contributed by atoms with Crippen LogP contribution >= 0.6 is 0 Å². The predicted octanol–water partition coefficient (Wildman–Crippen LogP) is 1.72. The second-order valence-corrected chi connectivity index (χ2v) is 3.53. The van der Waals surface area contributed by atoms with E-state index in [1.165, 1.54) is 0 Å². The highest BCUT2D eigenvalue weighted by molar-refractivity contribution is 4.84. The van der Waals surface area contributed by atoms with Gasteiger partial charge in [0.15, 0.2) is 0 Å². The summed E-state index contributed by atoms with van der Waals surface area (Å²) < 4.78 is 0. The minimum absolute atomic E-state index is 1.01. The van der Waals surface area contributed by atoms with Gasteiger partial charge in [0.1, 0.15) is 0 Å². The van der Waals surface area contributed by atoms with E-state index in [2.05, 4.69) is 6.58 Å². The minimum atomic E-state index is -1.01. The average molecular weight is 160 g/mol. The van der Waals surface area contributed by atoms with Crippen molar-refractivity contribution >= 4 is 0 Å². The van der Waals surface area contributed by atoms with Crippen LogP contribution in [-0.4, -0.2) is 21.4 Å². The summed E-state index contributed by atoms with van der Waals surface area (Å²) >= 11 is 0. The Kier molecular flexibility index (Phi) is 5.45. The van der Waals surface area contributed by atoms with Gasteiger partial charge in [-0.3, -0.25) is 0 Å². The molecule has 11 heavy (non-hydrogen) atoms. The maximum absolute atomic E-state index is 9.10. The molecule has 2 N–H and O–H groups in total. The van der Waals surface area contributed by atoms with Crippen molar-refractivity contribution in [1.29, 1.82) is 0 Å². The Morgan fingerprint density at radius 2 is 1.09 bits per heavy atom. The molecule has 0 bridgehead atoms. The molecule has 0 aromatic heterocycles. The van der Waals surface area contributed by atoms with E-state index >= 15 is 0 Å². The molecule has 0 fully saturated rings. The van der Waals surface area contributed by atoms with Gasteiger partial charge >= 0.3 is 0 Å². The van der Waals surface area contributed by atoms with Crippen LogP contribution in [0.2, 0.25) is 0 Å². The smallest absolute Gasteiger partial charge is 0.0872 e. The number of allylic oxidation sites excluding steroid dienone is 1. The summed E-state index contributed by atoms with van der Waals surface area (Å²) in [6.07, 6.45) is 1.75. The fourth-order valence-corrected chi connectivity index (χ4v) is 0. The highest BCUT2D eigenvalue weighted by atomic mass is 16.3. The van der Waals surface area contributed by atoms with Crippen molar-refractivity contribution in [3.05, 3.63) is 12.7 Å². The zero-order valence-electron chi connectivity index (χ0n) is 8.18. The lowest BCUT2D eigenvalue weighted by molar-refractivity contribution is -0.107. The highest BCUT2D eigenvalue weighted by Crippen LogP contribution is 2.19. The quantitative estimate of drug-likeness (QED) is 0.573. The molecule has 0 rings (SSSR count). The highest BCUT2D eigenvalue weighted by Gasteiger charge is 2.31. The summed E-state index contributed by atoms with van der Waals surface area (Å²) in [4.78, 5) is 0. The van der Waals surface area contributed by atoms with Gasteiger partial charge in [-0.2, -0.15) is 0 Å². The molecule has 2 nitrogen and oxygen atoms in total. The lowest BCUT2D eigenvalue weighted by Gasteiger charge is -2.31. The largest absolute Gasteiger partial charge is 0.387 e. The molecule has 0 atom stereocenters. The molecule has 0 saturated carbocycles. The molecule has 0 aromatic carbocycles. The Morgan fingerprint density at radius 3 is 1.09 bits per heavy atom. The van der Waals surface area contributed by atoms with E-state index in [9.17, 15) is 0 Å². The van der Waals surface area contributed by atoms with E-state index in [1.54, 1.807) is 33.8 Å². The third-order valence-corrected chi connectivity index (χ3v) is 1.50. The lowest BCUT2D eigenvalue weighted by Crippen LogP contribution is -2.44. The predicted molar refractivity (Wildman–Crippen MR) is 48.5 cm³/mol. The van der Waals surface area contributed by atoms with Crippen LogP contribution < -0.4 is 0 Å². The third-order valence-electron chi connectivity index (χ3n) is 1.50. The second kappa shape index (κ2) is 4.52. The molecule has 0 aliphatic heterocycles. The number of aliphatic hydroxyl groups is 2. The van der Waals surface area contributed by atoms with E-state index in [0.29, 0.717) is 0 Å². The fraction of sp³-hybridized carbons (Fsp3) is 0.778. The monoisotopic (exact) mass is 160 g/mol. The van der Waals surface area contributed by atoms with E-state index in [0.717, 1.165) is 0 Å². The minimum Gasteiger partial charge on any atom is -0.387 e. The molecule has 0 aliphatic carbocycles. The van der Waals surface area contributed by atoms with Crippen molar-refractivity contribution in [3.63, 3.8) is 0 Å². The van der Waals surface area contributed by atoms with Gasteiger partial charge in [-0.15, -0.1) is 6.58 Å². The molecule has 0 saturated heterocycles. The summed E-state index contributed by atoms with van der Waals surface area (Å²) in [6, 6.07) is 0. The first-order chi connectivity index (χ1) is 4.66. The second-order valence-electron chi connectivity index (χ2n) is 3.53. The summed E-state index contributed by atoms with van der Waals surface area (Å²) in [5, 5.41) is 18.2. The van der Waals surface area contributed by atoms with Gasteiger partial charge in [0.2, 0.25) is 0 Å². The SMILES string of the molecule is C=CC.CC(C)(O)C(C)(C)O. The van der Waals surface area contributed by atoms with Gasteiger partial charge in [-0.1, -0.05) is 6.08 Å². The molecular weight excluding hydrogens is 140 g/mol. The van der Waals surface area contributed by atoms with Gasteiger partial charge < -0.3 is 10.2 Å². The van der Waals surface area contributed by atoms with Crippen LogP contribution in [0.1, 0.15) is 34.6 Å². The van der Waals surface area contributed by atoms with Gasteiger partial charge in [0.05, 0.1) is 11.2 Å². The molecule has 0 heterocycles. The lowest BCUT2D eigenvalue weighted by atomic mass is 9.90. The molecular formula is C9H20O2. The fourth-order valence-electron chi connectivity index (χ4n) is 0. The van der Waals surface area contributed by atoms with Crippen molar-refractivity contribution in [2.24, 2.45) is 0 Å². The zero-order chi connectivity index (χ0) is 9.71. The summed E-state index contributed by atoms with van der Waals surface area (Å²) in [6.45, 7) is 11.6.